The number of nitrogens with zero attached hydrogens (tertiary/aromatic N) is 3. The zero-order valence-corrected chi connectivity index (χ0v) is 38.4. The average Bonchev–Trinajstić information content (AvgIpc) is 3.84. The first-order valence-corrected chi connectivity index (χ1v) is 22.8. The molecule has 342 valence electrons. The molecule has 0 radical (unpaired) electrons. The second-order valence-electron chi connectivity index (χ2n) is 18.2. The highest BCUT2D eigenvalue weighted by Crippen LogP contribution is 2.49. The van der Waals surface area contributed by atoms with Crippen LogP contribution in [0.2, 0.25) is 0 Å². The van der Waals surface area contributed by atoms with Crippen molar-refractivity contribution in [1.82, 2.24) is 9.13 Å². The summed E-state index contributed by atoms with van der Waals surface area (Å²) in [5.74, 6) is 0. The van der Waals surface area contributed by atoms with Crippen molar-refractivity contribution in [2.45, 2.75) is 40.0 Å². The van der Waals surface area contributed by atoms with Gasteiger partial charge >= 0.3 is 12.4 Å². The Hall–Kier alpha value is -8.35. The molecule has 70 heavy (non-hydrogen) atoms. The quantitative estimate of drug-likeness (QED) is 0.153. The SMILES string of the molecule is Cc1cc(C)cc(-c2ccc3c(c2)c2ccccc2n3-c2ccc(-c3c(C(F)(F)F)cccc3C(F)(F)F)cc2-c2c(C#N)cccc2-n2c3ccccc3c3cc(-c4cc(C)cc(C)c4)ccc32)c1. The van der Waals surface area contributed by atoms with E-state index in [-0.39, 0.29) is 16.7 Å². The normalized spacial score (nSPS) is 12.1. The molecule has 0 atom stereocenters. The maximum Gasteiger partial charge on any atom is 0.417 e. The average molecular weight is 930 g/mol. The van der Waals surface area contributed by atoms with Gasteiger partial charge in [0.15, 0.2) is 0 Å². The van der Waals surface area contributed by atoms with Gasteiger partial charge in [0.05, 0.1) is 56.2 Å². The fourth-order valence-electron chi connectivity index (χ4n) is 10.6. The molecule has 3 nitrogen and oxygen atoms in total. The molecule has 0 saturated carbocycles. The summed E-state index contributed by atoms with van der Waals surface area (Å²) >= 11 is 0. The van der Waals surface area contributed by atoms with Crippen LogP contribution in [0.3, 0.4) is 0 Å². The third-order valence-corrected chi connectivity index (χ3v) is 13.3. The molecule has 0 aliphatic carbocycles. The summed E-state index contributed by atoms with van der Waals surface area (Å²) in [5.41, 5.74) is 9.20. The number of fused-ring (bicyclic) bond motifs is 6. The number of alkyl halides is 6. The highest BCUT2D eigenvalue weighted by Gasteiger charge is 2.41. The Labute approximate surface area is 399 Å². The minimum absolute atomic E-state index is 0.173. The molecule has 0 N–H and O–H groups in total. The van der Waals surface area contributed by atoms with E-state index in [0.717, 1.165) is 94.2 Å². The fraction of sp³-hybridized carbons (Fsp3) is 0.0984. The number of benzene rings is 9. The Morgan fingerprint density at radius 2 is 0.814 bits per heavy atom. The van der Waals surface area contributed by atoms with E-state index in [1.807, 2.05) is 102 Å². The van der Waals surface area contributed by atoms with E-state index in [0.29, 0.717) is 29.1 Å². The largest absolute Gasteiger partial charge is 0.417 e. The highest BCUT2D eigenvalue weighted by atomic mass is 19.4. The summed E-state index contributed by atoms with van der Waals surface area (Å²) in [6.45, 7) is 8.21. The molecular formula is C61H41F6N3. The smallest absolute Gasteiger partial charge is 0.309 e. The molecule has 0 bridgehead atoms. The summed E-state index contributed by atoms with van der Waals surface area (Å²) < 4.78 is 94.0. The van der Waals surface area contributed by atoms with Crippen LogP contribution in [0.5, 0.6) is 0 Å². The van der Waals surface area contributed by atoms with E-state index in [1.165, 1.54) is 12.1 Å². The molecule has 0 saturated heterocycles. The van der Waals surface area contributed by atoms with Crippen molar-refractivity contribution in [2.24, 2.45) is 0 Å². The number of aryl methyl sites for hydroxylation is 4. The van der Waals surface area contributed by atoms with Gasteiger partial charge in [-0.2, -0.15) is 31.6 Å². The van der Waals surface area contributed by atoms with Crippen molar-refractivity contribution in [2.75, 3.05) is 0 Å². The van der Waals surface area contributed by atoms with Crippen LogP contribution in [0.15, 0.2) is 176 Å². The second-order valence-corrected chi connectivity index (χ2v) is 18.2. The van der Waals surface area contributed by atoms with E-state index in [1.54, 1.807) is 18.2 Å². The first-order valence-electron chi connectivity index (χ1n) is 22.8. The molecular weight excluding hydrogens is 889 g/mol. The van der Waals surface area contributed by atoms with Gasteiger partial charge in [-0.15, -0.1) is 0 Å². The minimum Gasteiger partial charge on any atom is -0.309 e. The summed E-state index contributed by atoms with van der Waals surface area (Å²) in [4.78, 5) is 0. The molecule has 9 heteroatoms. The third-order valence-electron chi connectivity index (χ3n) is 13.3. The topological polar surface area (TPSA) is 33.6 Å². The van der Waals surface area contributed by atoms with Gasteiger partial charge in [-0.25, -0.2) is 0 Å². The number of aromatic nitrogens is 2. The predicted octanol–water partition coefficient (Wildman–Crippen LogP) is 17.7. The van der Waals surface area contributed by atoms with E-state index in [4.69, 9.17) is 0 Å². The number of rotatable bonds is 6. The molecule has 0 amide bonds. The molecule has 2 aromatic heterocycles. The maximum atomic E-state index is 15.0. The van der Waals surface area contributed by atoms with Gasteiger partial charge in [0.2, 0.25) is 0 Å². The van der Waals surface area contributed by atoms with Gasteiger partial charge < -0.3 is 9.13 Å². The molecule has 2 heterocycles. The highest BCUT2D eigenvalue weighted by molar-refractivity contribution is 6.13. The Bertz CT molecular complexity index is 3920. The molecule has 11 rings (SSSR count). The summed E-state index contributed by atoms with van der Waals surface area (Å²) in [6.07, 6.45) is -10.3. The Kier molecular flexibility index (Phi) is 10.4. The third kappa shape index (κ3) is 7.39. The molecule has 0 spiro atoms. The molecule has 9 aromatic carbocycles. The van der Waals surface area contributed by atoms with Crippen molar-refractivity contribution < 1.29 is 26.3 Å². The Balaban J connectivity index is 1.25. The van der Waals surface area contributed by atoms with E-state index < -0.39 is 29.0 Å². The Morgan fingerprint density at radius 3 is 1.30 bits per heavy atom. The van der Waals surface area contributed by atoms with Crippen LogP contribution in [0.25, 0.3) is 99.5 Å². The number of halogens is 6. The standard InChI is InChI=1S/C61H41F6N3/c1-35-25-36(2)28-43(27-35)39-19-22-54-47(31-39)45-12-5-7-16-52(45)69(54)56-24-21-41(59-50(60(62,63)64)14-10-15-51(59)61(65,66)67)33-49(56)58-42(34-68)11-9-18-57(58)70-53-17-8-6-13-46(53)48-32-40(20-23-55(48)70)44-29-37(3)26-38(4)30-44/h5-33H,1-4H3. The zero-order chi connectivity index (χ0) is 48.8. The van der Waals surface area contributed by atoms with E-state index >= 15 is 26.3 Å². The molecule has 0 aliphatic rings. The number of para-hydroxylation sites is 2. The Morgan fingerprint density at radius 1 is 0.371 bits per heavy atom. The lowest BCUT2D eigenvalue weighted by molar-refractivity contribution is -0.142. The van der Waals surface area contributed by atoms with Gasteiger partial charge in [-0.05, 0) is 128 Å². The monoisotopic (exact) mass is 929 g/mol. The lowest BCUT2D eigenvalue weighted by Crippen LogP contribution is -2.14. The summed E-state index contributed by atoms with van der Waals surface area (Å²) in [7, 11) is 0. The fourth-order valence-corrected chi connectivity index (χ4v) is 10.6. The van der Waals surface area contributed by atoms with Gasteiger partial charge in [0.25, 0.3) is 0 Å². The number of nitriles is 1. The van der Waals surface area contributed by atoms with Crippen LogP contribution in [0.4, 0.5) is 26.3 Å². The van der Waals surface area contributed by atoms with Crippen molar-refractivity contribution in [1.29, 1.82) is 5.26 Å². The molecule has 0 fully saturated rings. The van der Waals surface area contributed by atoms with E-state index in [2.05, 4.69) is 68.4 Å². The van der Waals surface area contributed by atoms with E-state index in [9.17, 15) is 5.26 Å². The van der Waals surface area contributed by atoms with Crippen LogP contribution in [0.1, 0.15) is 38.9 Å². The molecule has 11 aromatic rings. The minimum atomic E-state index is -5.13. The first-order chi connectivity index (χ1) is 33.6. The van der Waals surface area contributed by atoms with Crippen LogP contribution < -0.4 is 0 Å². The lowest BCUT2D eigenvalue weighted by Gasteiger charge is -2.23. The zero-order valence-electron chi connectivity index (χ0n) is 38.4. The van der Waals surface area contributed by atoms with Crippen molar-refractivity contribution in [3.63, 3.8) is 0 Å². The lowest BCUT2D eigenvalue weighted by atomic mass is 9.89. The van der Waals surface area contributed by atoms with Crippen molar-refractivity contribution >= 4 is 43.6 Å². The number of hydrogen-bond donors (Lipinski definition) is 0. The maximum absolute atomic E-state index is 15.0. The van der Waals surface area contributed by atoms with Crippen molar-refractivity contribution in [3.05, 3.63) is 215 Å². The molecule has 0 unspecified atom stereocenters. The van der Waals surface area contributed by atoms with Gasteiger partial charge in [-0.3, -0.25) is 0 Å². The van der Waals surface area contributed by atoms with Gasteiger partial charge in [0.1, 0.15) is 0 Å². The van der Waals surface area contributed by atoms with Crippen LogP contribution >= 0.6 is 0 Å². The van der Waals surface area contributed by atoms with Crippen LogP contribution in [-0.4, -0.2) is 9.13 Å². The van der Waals surface area contributed by atoms with Gasteiger partial charge in [0, 0.05) is 38.2 Å². The summed E-state index contributed by atoms with van der Waals surface area (Å²) in [5, 5.41) is 14.7. The number of hydrogen-bond acceptors (Lipinski definition) is 1. The summed E-state index contributed by atoms with van der Waals surface area (Å²) in [6, 6.07) is 54.8. The second kappa shape index (κ2) is 16.4. The molecule has 0 aliphatic heterocycles. The van der Waals surface area contributed by atoms with Crippen LogP contribution in [-0.2, 0) is 12.4 Å². The van der Waals surface area contributed by atoms with Crippen LogP contribution in [0, 0.1) is 39.0 Å². The van der Waals surface area contributed by atoms with Gasteiger partial charge in [-0.1, -0.05) is 125 Å². The predicted molar refractivity (Wildman–Crippen MR) is 271 cm³/mol. The first kappa shape index (κ1) is 44.2. The van der Waals surface area contributed by atoms with Crippen molar-refractivity contribution in [3.8, 4) is 62.0 Å².